The van der Waals surface area contributed by atoms with Gasteiger partial charge < -0.3 is 15.5 Å². The van der Waals surface area contributed by atoms with Crippen molar-refractivity contribution in [2.24, 2.45) is 11.1 Å². The second kappa shape index (κ2) is 7.34. The molecular formula is C15H26N2O2. The van der Waals surface area contributed by atoms with Gasteiger partial charge in [-0.2, -0.15) is 0 Å². The molecule has 1 rings (SSSR count). The summed E-state index contributed by atoms with van der Waals surface area (Å²) in [4.78, 5) is 11.9. The molecule has 1 aromatic heterocycles. The van der Waals surface area contributed by atoms with E-state index in [1.54, 1.807) is 6.26 Å². The van der Waals surface area contributed by atoms with Crippen LogP contribution in [0.3, 0.4) is 0 Å². The van der Waals surface area contributed by atoms with E-state index in [1.165, 1.54) is 0 Å². The zero-order chi connectivity index (χ0) is 14.3. The van der Waals surface area contributed by atoms with Crippen molar-refractivity contribution in [1.82, 2.24) is 5.32 Å². The quantitative estimate of drug-likeness (QED) is 0.759. The van der Waals surface area contributed by atoms with E-state index < -0.39 is 0 Å². The molecule has 4 heteroatoms. The van der Waals surface area contributed by atoms with E-state index in [-0.39, 0.29) is 17.4 Å². The lowest BCUT2D eigenvalue weighted by molar-refractivity contribution is -0.122. The normalized spacial score (nSPS) is 13.3. The number of rotatable bonds is 8. The Hall–Kier alpha value is -1.29. The summed E-state index contributed by atoms with van der Waals surface area (Å²) >= 11 is 0. The van der Waals surface area contributed by atoms with Gasteiger partial charge in [-0.1, -0.05) is 13.8 Å². The Kier molecular flexibility index (Phi) is 6.09. The number of nitrogens with one attached hydrogen (secondary N) is 1. The van der Waals surface area contributed by atoms with Crippen molar-refractivity contribution in [2.75, 3.05) is 6.54 Å². The molecule has 0 saturated heterocycles. The van der Waals surface area contributed by atoms with Crippen molar-refractivity contribution in [3.8, 4) is 0 Å². The van der Waals surface area contributed by atoms with E-state index >= 15 is 0 Å². The number of hydrogen-bond donors (Lipinski definition) is 2. The Morgan fingerprint density at radius 2 is 2.21 bits per heavy atom. The zero-order valence-corrected chi connectivity index (χ0v) is 12.2. The van der Waals surface area contributed by atoms with E-state index in [0.29, 0.717) is 13.0 Å². The summed E-state index contributed by atoms with van der Waals surface area (Å²) in [5.74, 6) is 1.00. The van der Waals surface area contributed by atoms with E-state index in [2.05, 4.69) is 19.2 Å². The summed E-state index contributed by atoms with van der Waals surface area (Å²) in [6.07, 6.45) is 4.74. The maximum Gasteiger partial charge on any atom is 0.220 e. The van der Waals surface area contributed by atoms with Crippen LogP contribution in [0, 0.1) is 5.41 Å². The Morgan fingerprint density at radius 3 is 2.79 bits per heavy atom. The highest BCUT2D eigenvalue weighted by Gasteiger charge is 2.19. The summed E-state index contributed by atoms with van der Waals surface area (Å²) < 4.78 is 5.27. The van der Waals surface area contributed by atoms with Crippen LogP contribution in [0.5, 0.6) is 0 Å². The molecule has 1 unspecified atom stereocenters. The third-order valence-corrected chi connectivity index (χ3v) is 3.34. The molecule has 0 aliphatic carbocycles. The van der Waals surface area contributed by atoms with Crippen molar-refractivity contribution in [3.63, 3.8) is 0 Å². The zero-order valence-electron chi connectivity index (χ0n) is 12.2. The summed E-state index contributed by atoms with van der Waals surface area (Å²) in [7, 11) is 0. The summed E-state index contributed by atoms with van der Waals surface area (Å²) in [5, 5.41) is 3.00. The highest BCUT2D eigenvalue weighted by atomic mass is 16.3. The lowest BCUT2D eigenvalue weighted by atomic mass is 9.84. The molecule has 0 aromatic carbocycles. The predicted octanol–water partition coefficient (Wildman–Crippen LogP) is 2.48. The number of furan rings is 1. The molecule has 0 bridgehead atoms. The predicted molar refractivity (Wildman–Crippen MR) is 76.7 cm³/mol. The second-order valence-corrected chi connectivity index (χ2v) is 5.95. The Balaban J connectivity index is 2.27. The SMILES string of the molecule is CC(Cc1ccco1)NC(=O)CCC(C)(C)CCN. The lowest BCUT2D eigenvalue weighted by Crippen LogP contribution is -2.34. The van der Waals surface area contributed by atoms with Crippen molar-refractivity contribution in [1.29, 1.82) is 0 Å². The van der Waals surface area contributed by atoms with Crippen molar-refractivity contribution < 1.29 is 9.21 Å². The fraction of sp³-hybridized carbons (Fsp3) is 0.667. The molecule has 108 valence electrons. The molecule has 0 fully saturated rings. The average molecular weight is 266 g/mol. The van der Waals surface area contributed by atoms with E-state index in [9.17, 15) is 4.79 Å². The maximum atomic E-state index is 11.9. The van der Waals surface area contributed by atoms with Gasteiger partial charge in [-0.25, -0.2) is 0 Å². The second-order valence-electron chi connectivity index (χ2n) is 5.95. The minimum atomic E-state index is 0.0938. The minimum Gasteiger partial charge on any atom is -0.469 e. The van der Waals surface area contributed by atoms with Crippen LogP contribution in [0.15, 0.2) is 22.8 Å². The Morgan fingerprint density at radius 1 is 1.47 bits per heavy atom. The molecule has 1 amide bonds. The summed E-state index contributed by atoms with van der Waals surface area (Å²) in [6.45, 7) is 6.97. The molecule has 0 aliphatic heterocycles. The molecule has 0 aliphatic rings. The number of nitrogens with two attached hydrogens (primary N) is 1. The molecule has 3 N–H and O–H groups in total. The number of amides is 1. The number of carbonyl (C=O) groups excluding carboxylic acids is 1. The highest BCUT2D eigenvalue weighted by molar-refractivity contribution is 5.76. The Bertz CT molecular complexity index is 372. The average Bonchev–Trinajstić information content (AvgIpc) is 2.79. The van der Waals surface area contributed by atoms with Crippen LogP contribution in [0.1, 0.15) is 45.8 Å². The van der Waals surface area contributed by atoms with Gasteiger partial charge in [-0.3, -0.25) is 4.79 Å². The standard InChI is InChI=1S/C15H26N2O2/c1-12(11-13-5-4-10-19-13)17-14(18)6-7-15(2,3)8-9-16/h4-5,10,12H,6-9,11,16H2,1-3H3,(H,17,18). The first-order valence-electron chi connectivity index (χ1n) is 6.95. The molecular weight excluding hydrogens is 240 g/mol. The van der Waals surface area contributed by atoms with Crippen molar-refractivity contribution >= 4 is 5.91 Å². The van der Waals surface area contributed by atoms with E-state index in [4.69, 9.17) is 10.2 Å². The minimum absolute atomic E-state index is 0.0938. The third-order valence-electron chi connectivity index (χ3n) is 3.34. The first kappa shape index (κ1) is 15.8. The third kappa shape index (κ3) is 6.43. The first-order valence-corrected chi connectivity index (χ1v) is 6.95. The topological polar surface area (TPSA) is 68.3 Å². The molecule has 1 aromatic rings. The Labute approximate surface area is 115 Å². The van der Waals surface area contributed by atoms with Gasteiger partial charge in [0.15, 0.2) is 0 Å². The monoisotopic (exact) mass is 266 g/mol. The maximum absolute atomic E-state index is 11.9. The van der Waals surface area contributed by atoms with Gasteiger partial charge in [0.1, 0.15) is 5.76 Å². The summed E-state index contributed by atoms with van der Waals surface area (Å²) in [5.41, 5.74) is 5.70. The molecule has 1 atom stereocenters. The van der Waals surface area contributed by atoms with Crippen LogP contribution < -0.4 is 11.1 Å². The smallest absolute Gasteiger partial charge is 0.220 e. The van der Waals surface area contributed by atoms with Crippen LogP contribution in [0.2, 0.25) is 0 Å². The fourth-order valence-electron chi connectivity index (χ4n) is 2.10. The van der Waals surface area contributed by atoms with Crippen molar-refractivity contribution in [2.45, 2.75) is 52.5 Å². The molecule has 0 spiro atoms. The van der Waals surface area contributed by atoms with Gasteiger partial charge in [0.05, 0.1) is 6.26 Å². The molecule has 1 heterocycles. The van der Waals surface area contributed by atoms with Gasteiger partial charge in [0, 0.05) is 18.9 Å². The van der Waals surface area contributed by atoms with Crippen LogP contribution in [0.25, 0.3) is 0 Å². The summed E-state index contributed by atoms with van der Waals surface area (Å²) in [6, 6.07) is 3.88. The van der Waals surface area contributed by atoms with Gasteiger partial charge in [-0.15, -0.1) is 0 Å². The van der Waals surface area contributed by atoms with Gasteiger partial charge in [0.25, 0.3) is 0 Å². The van der Waals surface area contributed by atoms with Gasteiger partial charge >= 0.3 is 0 Å². The molecule has 4 nitrogen and oxygen atoms in total. The van der Waals surface area contributed by atoms with E-state index in [0.717, 1.165) is 25.0 Å². The molecule has 0 radical (unpaired) electrons. The fourth-order valence-corrected chi connectivity index (χ4v) is 2.10. The number of carbonyl (C=O) groups is 1. The highest BCUT2D eigenvalue weighted by Crippen LogP contribution is 2.25. The number of hydrogen-bond acceptors (Lipinski definition) is 3. The lowest BCUT2D eigenvalue weighted by Gasteiger charge is -2.23. The van der Waals surface area contributed by atoms with Gasteiger partial charge in [-0.05, 0) is 43.9 Å². The van der Waals surface area contributed by atoms with Crippen molar-refractivity contribution in [3.05, 3.63) is 24.2 Å². The van der Waals surface area contributed by atoms with Crippen LogP contribution in [-0.4, -0.2) is 18.5 Å². The molecule has 0 saturated carbocycles. The van der Waals surface area contributed by atoms with Gasteiger partial charge in [0.2, 0.25) is 5.91 Å². The van der Waals surface area contributed by atoms with Crippen LogP contribution >= 0.6 is 0 Å². The van der Waals surface area contributed by atoms with Crippen LogP contribution in [-0.2, 0) is 11.2 Å². The first-order chi connectivity index (χ1) is 8.93. The van der Waals surface area contributed by atoms with E-state index in [1.807, 2.05) is 19.1 Å². The molecule has 19 heavy (non-hydrogen) atoms. The van der Waals surface area contributed by atoms with Crippen LogP contribution in [0.4, 0.5) is 0 Å². The largest absolute Gasteiger partial charge is 0.469 e.